The normalized spacial score (nSPS) is 18.1. The Bertz CT molecular complexity index is 1840. The van der Waals surface area contributed by atoms with Crippen molar-refractivity contribution in [2.75, 3.05) is 36.8 Å². The highest BCUT2D eigenvalue weighted by molar-refractivity contribution is 6.10. The standard InChI is InChI=1S/C31H30N8O3/c32-29-25(17-22(35-36-29)20-6-1-2-9-26(20)40)38-15-13-37(14-16-38)18-19-5-3-8-23-28(19)21-7-4-12-33-30(21)39(23)24-10-11-27(41)34-31(24)42/h1-9,12,17,24,40H,10-11,13-16,18H2,(H2,32,36)(H,34,41,42). The lowest BCUT2D eigenvalue weighted by Gasteiger charge is -2.36. The molecule has 2 aliphatic rings. The number of imide groups is 1. The minimum Gasteiger partial charge on any atom is -0.507 e. The summed E-state index contributed by atoms with van der Waals surface area (Å²) in [6.45, 7) is 3.88. The van der Waals surface area contributed by atoms with Gasteiger partial charge >= 0.3 is 0 Å². The van der Waals surface area contributed by atoms with Gasteiger partial charge in [-0.1, -0.05) is 24.3 Å². The molecule has 42 heavy (non-hydrogen) atoms. The van der Waals surface area contributed by atoms with Crippen molar-refractivity contribution in [3.05, 3.63) is 72.4 Å². The van der Waals surface area contributed by atoms with E-state index >= 15 is 0 Å². The predicted molar refractivity (Wildman–Crippen MR) is 160 cm³/mol. The van der Waals surface area contributed by atoms with Crippen LogP contribution in [0.25, 0.3) is 33.2 Å². The second kappa shape index (κ2) is 10.4. The fourth-order valence-corrected chi connectivity index (χ4v) is 6.23. The summed E-state index contributed by atoms with van der Waals surface area (Å²) < 4.78 is 2.00. The van der Waals surface area contributed by atoms with Crippen molar-refractivity contribution in [3.8, 4) is 17.0 Å². The Morgan fingerprint density at radius 3 is 2.62 bits per heavy atom. The van der Waals surface area contributed by atoms with Crippen LogP contribution in [0, 0.1) is 0 Å². The molecule has 11 heteroatoms. The molecular formula is C31H30N8O3. The van der Waals surface area contributed by atoms with Gasteiger partial charge in [-0.3, -0.25) is 19.8 Å². The molecule has 2 aromatic carbocycles. The van der Waals surface area contributed by atoms with E-state index in [4.69, 9.17) is 5.73 Å². The molecule has 2 amide bonds. The average Bonchev–Trinajstić information content (AvgIpc) is 3.33. The first-order valence-electron chi connectivity index (χ1n) is 14.1. The minimum atomic E-state index is -0.487. The van der Waals surface area contributed by atoms with E-state index in [-0.39, 0.29) is 17.6 Å². The van der Waals surface area contributed by atoms with Gasteiger partial charge in [0, 0.05) is 61.7 Å². The summed E-state index contributed by atoms with van der Waals surface area (Å²) in [6.07, 6.45) is 2.50. The van der Waals surface area contributed by atoms with Crippen molar-refractivity contribution in [3.63, 3.8) is 0 Å². The molecule has 11 nitrogen and oxygen atoms in total. The number of rotatable bonds is 5. The fraction of sp³-hybridized carbons (Fsp3) is 0.258. The summed E-state index contributed by atoms with van der Waals surface area (Å²) in [4.78, 5) is 34.0. The van der Waals surface area contributed by atoms with Gasteiger partial charge in [-0.25, -0.2) is 4.98 Å². The topological polar surface area (TPSA) is 142 Å². The third-order valence-electron chi connectivity index (χ3n) is 8.28. The quantitative estimate of drug-likeness (QED) is 0.275. The molecule has 1 unspecified atom stereocenters. The number of amides is 2. The molecule has 0 radical (unpaired) electrons. The summed E-state index contributed by atoms with van der Waals surface area (Å²) in [6, 6.07) is 18.6. The summed E-state index contributed by atoms with van der Waals surface area (Å²) in [5, 5.41) is 23.3. The number of piperazine rings is 1. The molecule has 4 N–H and O–H groups in total. The fourth-order valence-electron chi connectivity index (χ4n) is 6.23. The number of carbonyl (C=O) groups is 2. The van der Waals surface area contributed by atoms with E-state index in [9.17, 15) is 14.7 Å². The van der Waals surface area contributed by atoms with Gasteiger partial charge in [-0.05, 0) is 48.4 Å². The van der Waals surface area contributed by atoms with Crippen LogP contribution in [0.2, 0.25) is 0 Å². The molecule has 0 bridgehead atoms. The van der Waals surface area contributed by atoms with Crippen LogP contribution in [0.15, 0.2) is 66.9 Å². The summed E-state index contributed by atoms with van der Waals surface area (Å²) in [7, 11) is 0. The van der Waals surface area contributed by atoms with Crippen LogP contribution in [0.3, 0.4) is 0 Å². The van der Waals surface area contributed by atoms with Crippen LogP contribution in [0.1, 0.15) is 24.4 Å². The van der Waals surface area contributed by atoms with Gasteiger partial charge in [-0.15, -0.1) is 10.2 Å². The average molecular weight is 563 g/mol. The van der Waals surface area contributed by atoms with Crippen molar-refractivity contribution < 1.29 is 14.7 Å². The maximum absolute atomic E-state index is 12.9. The second-order valence-electron chi connectivity index (χ2n) is 10.8. The number of nitrogens with one attached hydrogen (secondary N) is 1. The second-order valence-corrected chi connectivity index (χ2v) is 10.8. The molecule has 1 atom stereocenters. The number of nitrogens with zero attached hydrogens (tertiary/aromatic N) is 6. The van der Waals surface area contributed by atoms with Crippen LogP contribution in [-0.4, -0.2) is 67.7 Å². The number of fused-ring (bicyclic) bond motifs is 3. The van der Waals surface area contributed by atoms with Gasteiger partial charge < -0.3 is 20.3 Å². The minimum absolute atomic E-state index is 0.149. The highest BCUT2D eigenvalue weighted by Crippen LogP contribution is 2.36. The van der Waals surface area contributed by atoms with Gasteiger partial charge in [0.15, 0.2) is 5.82 Å². The number of hydrogen-bond donors (Lipinski definition) is 3. The maximum atomic E-state index is 12.9. The number of anilines is 2. The van der Waals surface area contributed by atoms with E-state index in [2.05, 4.69) is 42.4 Å². The number of aromatic hydroxyl groups is 1. The van der Waals surface area contributed by atoms with Crippen LogP contribution < -0.4 is 16.0 Å². The van der Waals surface area contributed by atoms with Crippen LogP contribution >= 0.6 is 0 Å². The summed E-state index contributed by atoms with van der Waals surface area (Å²) in [5.41, 5.74) is 11.1. The number of phenols is 1. The zero-order valence-corrected chi connectivity index (χ0v) is 22.9. The number of piperidine rings is 1. The Hall–Kier alpha value is -5.03. The van der Waals surface area contributed by atoms with Gasteiger partial charge in [-0.2, -0.15) is 0 Å². The molecule has 212 valence electrons. The molecule has 5 aromatic rings. The number of hydrogen-bond acceptors (Lipinski definition) is 9. The van der Waals surface area contributed by atoms with E-state index < -0.39 is 6.04 Å². The number of benzene rings is 2. The van der Waals surface area contributed by atoms with Crippen LogP contribution in [0.5, 0.6) is 5.75 Å². The molecule has 2 saturated heterocycles. The zero-order valence-electron chi connectivity index (χ0n) is 22.9. The lowest BCUT2D eigenvalue weighted by molar-refractivity contribution is -0.135. The van der Waals surface area contributed by atoms with E-state index in [1.54, 1.807) is 18.3 Å². The smallest absolute Gasteiger partial charge is 0.249 e. The van der Waals surface area contributed by atoms with Crippen molar-refractivity contribution in [1.29, 1.82) is 0 Å². The molecule has 0 saturated carbocycles. The van der Waals surface area contributed by atoms with E-state index in [0.29, 0.717) is 29.9 Å². The highest BCUT2D eigenvalue weighted by atomic mass is 16.3. The number of para-hydroxylation sites is 1. The lowest BCUT2D eigenvalue weighted by atomic mass is 10.0. The van der Waals surface area contributed by atoms with Crippen molar-refractivity contribution in [1.82, 2.24) is 30.0 Å². The summed E-state index contributed by atoms with van der Waals surface area (Å²) in [5.74, 6) is -0.00638. The van der Waals surface area contributed by atoms with E-state index in [1.165, 1.54) is 0 Å². The van der Waals surface area contributed by atoms with Crippen molar-refractivity contribution in [2.24, 2.45) is 0 Å². The molecule has 7 rings (SSSR count). The highest BCUT2D eigenvalue weighted by Gasteiger charge is 2.31. The number of nitrogen functional groups attached to an aromatic ring is 1. The third-order valence-corrected chi connectivity index (χ3v) is 8.28. The predicted octanol–water partition coefficient (Wildman–Crippen LogP) is 3.23. The number of pyridine rings is 1. The number of nitrogens with two attached hydrogens (primary N) is 1. The monoisotopic (exact) mass is 562 g/mol. The van der Waals surface area contributed by atoms with Crippen LogP contribution in [0.4, 0.5) is 11.5 Å². The molecular weight excluding hydrogens is 532 g/mol. The van der Waals surface area contributed by atoms with Gasteiger partial charge in [0.25, 0.3) is 0 Å². The largest absolute Gasteiger partial charge is 0.507 e. The van der Waals surface area contributed by atoms with E-state index in [1.807, 2.05) is 41.0 Å². The molecule has 2 aliphatic heterocycles. The first-order valence-corrected chi connectivity index (χ1v) is 14.1. The summed E-state index contributed by atoms with van der Waals surface area (Å²) >= 11 is 0. The Morgan fingerprint density at radius 1 is 0.976 bits per heavy atom. The van der Waals surface area contributed by atoms with Gasteiger partial charge in [0.05, 0.1) is 16.9 Å². The Kier molecular flexibility index (Phi) is 6.43. The number of carbonyl (C=O) groups excluding carboxylic acids is 2. The molecule has 3 aromatic heterocycles. The first-order chi connectivity index (χ1) is 20.5. The van der Waals surface area contributed by atoms with Crippen molar-refractivity contribution >= 4 is 45.3 Å². The SMILES string of the molecule is Nc1nnc(-c2ccccc2O)cc1N1CCN(Cc2cccc3c2c2cccnc2n3C2CCC(=O)NC2=O)CC1. The maximum Gasteiger partial charge on any atom is 0.249 e. The Balaban J connectivity index is 1.15. The molecule has 5 heterocycles. The third kappa shape index (κ3) is 4.47. The molecule has 0 spiro atoms. The molecule has 2 fully saturated rings. The number of phenolic OH excluding ortho intramolecular Hbond substituents is 1. The lowest BCUT2D eigenvalue weighted by Crippen LogP contribution is -2.46. The Labute approximate surface area is 241 Å². The molecule has 0 aliphatic carbocycles. The zero-order chi connectivity index (χ0) is 28.8. The number of aromatic nitrogens is 4. The van der Waals surface area contributed by atoms with Gasteiger partial charge in [0.1, 0.15) is 17.4 Å². The Morgan fingerprint density at radius 2 is 1.81 bits per heavy atom. The first kappa shape index (κ1) is 25.9. The van der Waals surface area contributed by atoms with Gasteiger partial charge in [0.2, 0.25) is 11.8 Å². The van der Waals surface area contributed by atoms with E-state index in [0.717, 1.165) is 65.9 Å². The van der Waals surface area contributed by atoms with Crippen LogP contribution in [-0.2, 0) is 16.1 Å². The van der Waals surface area contributed by atoms with Crippen molar-refractivity contribution in [2.45, 2.75) is 25.4 Å².